The molecule has 3 aromatic rings. The first-order chi connectivity index (χ1) is 44.2. The number of likely N-dealkylation sites (tertiary alicyclic amines) is 1. The number of halogens is 2. The Morgan fingerprint density at radius 3 is 2.34 bits per heavy atom. The number of benzene rings is 2. The van der Waals surface area contributed by atoms with E-state index in [1.807, 2.05) is 24.0 Å². The molecule has 0 spiro atoms. The van der Waals surface area contributed by atoms with Crippen LogP contribution in [0.2, 0.25) is 5.02 Å². The lowest BCUT2D eigenvalue weighted by Gasteiger charge is -2.43. The van der Waals surface area contributed by atoms with Gasteiger partial charge in [0.25, 0.3) is 0 Å². The molecule has 3 N–H and O–H groups in total. The molecule has 3 saturated heterocycles. The maximum atomic E-state index is 14.6. The molecule has 512 valence electrons. The van der Waals surface area contributed by atoms with Crippen LogP contribution < -0.4 is 15.0 Å². The number of carboxylic acid groups (broad SMARTS) is 1. The summed E-state index contributed by atoms with van der Waals surface area (Å²) >= 11 is 9.32. The minimum absolute atomic E-state index is 0.0155. The molecule has 6 heterocycles. The third kappa shape index (κ3) is 17.2. The number of aryl methyl sites for hydroxylation is 1. The monoisotopic (exact) mass is 1430 g/mol. The van der Waals surface area contributed by atoms with Crippen molar-refractivity contribution in [2.45, 2.75) is 166 Å². The number of fused-ring (bicyclic) bond motifs is 8. The molecule has 3 fully saturated rings. The number of hydrazine groups is 1. The SMILES string of the molecule is CCCN(I)C1c2c(n(CCC(=O)N3CCC(N(CCOCCOCCC(=O)O)C(=O)CCC(=O)N(C)[C@@H](C)C(=O)O[C@H]4CC(=O)N(C)c5cc(cc(OC)c5Cl)C/C(C)=C/C=C/[C@@H](OC)[C@@]5(O)C[C@H](OC(=O)N5)[C@@H](C)C5O[C@]54C)CC3)c3ccccc23)CN(C)N1C. The van der Waals surface area contributed by atoms with E-state index in [2.05, 4.69) is 85.1 Å². The molecule has 4 bridgehead atoms. The van der Waals surface area contributed by atoms with E-state index in [-0.39, 0.29) is 94.1 Å². The standard InChI is InChI=1S/C66H93ClIN9O16/c1-12-26-77(68)62-59-46-17-13-14-18-47(46)76(49(59)40-70(6)73(62)9)29-24-55(79)74-27-22-45(23-28-74)75(30-32-90-34-33-89-31-25-58(82)83)56(80)21-20-54(78)71(7)43(4)63(84)92-53-38-57(81)72(8)48-36-44(37-50(87-10)60(48)67)35-41(2)16-15-19-52(88-11)66(86)39-51(91-64(85)69-66)42(3)61-65(53,5)93-61/h13-19,36-37,42-43,45,51-53,61-62,86H,12,20-35,38-40H2,1-11H3,(H,69,85)(H,82,83)/b19-15+,41-16+/t42-,43+,51+,52-,53+,61?,62?,65+,66+/m1/s1. The molecular weight excluding hydrogens is 1340 g/mol. The molecule has 9 atom stereocenters. The van der Waals surface area contributed by atoms with Crippen LogP contribution in [0.25, 0.3) is 10.9 Å². The lowest BCUT2D eigenvalue weighted by atomic mass is 9.83. The highest BCUT2D eigenvalue weighted by molar-refractivity contribution is 14.1. The molecule has 0 saturated carbocycles. The van der Waals surface area contributed by atoms with Gasteiger partial charge in [-0.1, -0.05) is 67.4 Å². The second-order valence-corrected chi connectivity index (χ2v) is 26.8. The lowest BCUT2D eigenvalue weighted by Crippen LogP contribution is -2.63. The highest BCUT2D eigenvalue weighted by Gasteiger charge is 2.64. The number of aromatic nitrogens is 1. The van der Waals surface area contributed by atoms with Crippen molar-refractivity contribution in [3.63, 3.8) is 0 Å². The van der Waals surface area contributed by atoms with Crippen molar-refractivity contribution < 1.29 is 76.9 Å². The number of esters is 1. The molecular formula is C66H93ClIN9O16. The van der Waals surface area contributed by atoms with E-state index in [9.17, 15) is 38.7 Å². The van der Waals surface area contributed by atoms with Gasteiger partial charge in [-0.3, -0.25) is 29.3 Å². The number of para-hydroxylation sites is 1. The van der Waals surface area contributed by atoms with Crippen LogP contribution in [0.5, 0.6) is 5.75 Å². The molecule has 5 aliphatic rings. The van der Waals surface area contributed by atoms with Crippen LogP contribution in [0, 0.1) is 5.92 Å². The van der Waals surface area contributed by atoms with Crippen molar-refractivity contribution in [3.05, 3.63) is 82.0 Å². The number of ether oxygens (including phenoxy) is 7. The van der Waals surface area contributed by atoms with Gasteiger partial charge in [-0.25, -0.2) is 22.7 Å². The van der Waals surface area contributed by atoms with Gasteiger partial charge < -0.3 is 67.5 Å². The summed E-state index contributed by atoms with van der Waals surface area (Å²) in [5, 5.41) is 29.3. The minimum atomic E-state index is -1.91. The number of epoxide rings is 1. The summed E-state index contributed by atoms with van der Waals surface area (Å²) in [5.41, 5.74) is 2.25. The van der Waals surface area contributed by atoms with Crippen LogP contribution in [0.15, 0.2) is 60.2 Å². The highest BCUT2D eigenvalue weighted by atomic mass is 127. The Hall–Kier alpha value is -5.95. The number of carbonyl (C=O) groups is 7. The number of rotatable bonds is 24. The van der Waals surface area contributed by atoms with Crippen molar-refractivity contribution in [3.8, 4) is 5.75 Å². The van der Waals surface area contributed by atoms with Gasteiger partial charge in [0.15, 0.2) is 5.72 Å². The number of hydrogen-bond acceptors (Lipinski definition) is 18. The molecule has 2 unspecified atom stereocenters. The van der Waals surface area contributed by atoms with Crippen LogP contribution in [0.4, 0.5) is 10.5 Å². The topological polar surface area (TPSA) is 267 Å². The molecule has 27 heteroatoms. The third-order valence-corrected chi connectivity index (χ3v) is 20.3. The van der Waals surface area contributed by atoms with Crippen LogP contribution in [0.3, 0.4) is 0 Å². The van der Waals surface area contributed by atoms with Gasteiger partial charge in [-0.2, -0.15) is 0 Å². The number of anilines is 1. The second-order valence-electron chi connectivity index (χ2n) is 25.1. The Bertz CT molecular complexity index is 3250. The predicted molar refractivity (Wildman–Crippen MR) is 355 cm³/mol. The van der Waals surface area contributed by atoms with Crippen LogP contribution in [-0.2, 0) is 76.7 Å². The number of aliphatic hydroxyl groups is 1. The second kappa shape index (κ2) is 32.2. The number of allylic oxidation sites excluding steroid dienone is 3. The first kappa shape index (κ1) is 72.9. The Labute approximate surface area is 563 Å². The maximum Gasteiger partial charge on any atom is 0.409 e. The van der Waals surface area contributed by atoms with Gasteiger partial charge in [0.2, 0.25) is 23.6 Å². The smallest absolute Gasteiger partial charge is 0.409 e. The first-order valence-electron chi connectivity index (χ1n) is 32.0. The van der Waals surface area contributed by atoms with E-state index in [0.29, 0.717) is 56.9 Å². The summed E-state index contributed by atoms with van der Waals surface area (Å²) in [7, 11) is 10.1. The zero-order valence-electron chi connectivity index (χ0n) is 55.4. The number of carboxylic acids is 1. The number of methoxy groups -OCH3 is 2. The van der Waals surface area contributed by atoms with E-state index in [4.69, 9.17) is 49.9 Å². The summed E-state index contributed by atoms with van der Waals surface area (Å²) in [5.74, 6) is -3.49. The number of likely N-dealkylation sites (N-methyl/N-ethyl adjacent to an activating group) is 1. The Balaban J connectivity index is 0.940. The van der Waals surface area contributed by atoms with E-state index < -0.39 is 84.0 Å². The summed E-state index contributed by atoms with van der Waals surface area (Å²) in [6.07, 6.45) is 1.83. The van der Waals surface area contributed by atoms with E-state index >= 15 is 0 Å². The van der Waals surface area contributed by atoms with Gasteiger partial charge in [-0.05, 0) is 70.2 Å². The molecule has 25 nitrogen and oxygen atoms in total. The number of carbonyl (C=O) groups excluding carboxylic acids is 6. The van der Waals surface area contributed by atoms with Crippen LogP contribution in [-0.4, -0.2) is 227 Å². The maximum absolute atomic E-state index is 14.6. The number of aliphatic carboxylic acids is 1. The largest absolute Gasteiger partial charge is 0.495 e. The van der Waals surface area contributed by atoms with Crippen molar-refractivity contribution in [1.82, 2.24) is 37.7 Å². The summed E-state index contributed by atoms with van der Waals surface area (Å²) in [6.45, 7) is 12.6. The predicted octanol–water partition coefficient (Wildman–Crippen LogP) is 7.02. The fourth-order valence-electron chi connectivity index (χ4n) is 13.2. The van der Waals surface area contributed by atoms with Gasteiger partial charge >= 0.3 is 18.0 Å². The van der Waals surface area contributed by atoms with Gasteiger partial charge in [0.1, 0.15) is 46.9 Å². The van der Waals surface area contributed by atoms with E-state index in [0.717, 1.165) is 29.6 Å². The summed E-state index contributed by atoms with van der Waals surface area (Å²) < 4.78 is 45.7. The van der Waals surface area contributed by atoms with Crippen molar-refractivity contribution in [2.24, 2.45) is 5.92 Å². The quantitative estimate of drug-likeness (QED) is 0.0267. The molecule has 5 amide bonds. The third-order valence-electron chi connectivity index (χ3n) is 18.9. The highest BCUT2D eigenvalue weighted by Crippen LogP contribution is 2.50. The van der Waals surface area contributed by atoms with E-state index in [1.165, 1.54) is 54.6 Å². The Kier molecular flexibility index (Phi) is 25.2. The normalized spacial score (nSPS) is 26.1. The Morgan fingerprint density at radius 1 is 0.957 bits per heavy atom. The fourth-order valence-corrected chi connectivity index (χ4v) is 14.6. The average Bonchev–Trinajstić information content (AvgIpc) is 1.59. The van der Waals surface area contributed by atoms with Crippen LogP contribution >= 0.6 is 34.5 Å². The first-order valence-corrected chi connectivity index (χ1v) is 33.3. The number of hydrogen-bond donors (Lipinski definition) is 3. The molecule has 8 rings (SSSR count). The van der Waals surface area contributed by atoms with Crippen molar-refractivity contribution in [1.29, 1.82) is 0 Å². The summed E-state index contributed by atoms with van der Waals surface area (Å²) in [6, 6.07) is 10.4. The number of nitrogens with zero attached hydrogens (tertiary/aromatic N) is 8. The Morgan fingerprint density at radius 2 is 1.66 bits per heavy atom. The van der Waals surface area contributed by atoms with Gasteiger partial charge in [0.05, 0.1) is 64.7 Å². The van der Waals surface area contributed by atoms with Gasteiger partial charge in [-0.15, -0.1) is 0 Å². The zero-order chi connectivity index (χ0) is 67.6. The molecule has 2 aromatic carbocycles. The lowest BCUT2D eigenvalue weighted by molar-refractivity contribution is -0.162. The number of alkyl carbamates (subject to hydrolysis) is 1. The number of amides is 5. The molecule has 0 radical (unpaired) electrons. The number of piperidine rings is 1. The fraction of sp³-hybridized carbons (Fsp3) is 0.621. The molecule has 93 heavy (non-hydrogen) atoms. The zero-order valence-corrected chi connectivity index (χ0v) is 58.3. The van der Waals surface area contributed by atoms with Crippen molar-refractivity contribution >= 4 is 92.7 Å². The van der Waals surface area contributed by atoms with Gasteiger partial charge in [0, 0.05) is 151 Å². The summed E-state index contributed by atoms with van der Waals surface area (Å²) in [4.78, 5) is 102. The average molecular weight is 1430 g/mol. The molecule has 0 aliphatic carbocycles. The van der Waals surface area contributed by atoms with Crippen LogP contribution in [0.1, 0.15) is 115 Å². The number of nitrogens with one attached hydrogen (secondary N) is 1. The van der Waals surface area contributed by atoms with E-state index in [1.54, 1.807) is 50.1 Å². The molecule has 5 aliphatic heterocycles. The minimum Gasteiger partial charge on any atom is -0.495 e. The molecule has 1 aromatic heterocycles. The van der Waals surface area contributed by atoms with Crippen molar-refractivity contribution in [2.75, 3.05) is 99.9 Å².